The van der Waals surface area contributed by atoms with Crippen LogP contribution in [0.2, 0.25) is 0 Å². The first-order valence-corrected chi connectivity index (χ1v) is 7.21. The SMILES string of the molecule is CCN(CC)CCc1c(-c2noc(C(F)(F)F)n2)cc[nH]c1=O. The zero-order valence-electron chi connectivity index (χ0n) is 12.8. The number of aromatic nitrogens is 3. The minimum absolute atomic E-state index is 0.238. The lowest BCUT2D eigenvalue weighted by molar-refractivity contribution is -0.159. The number of nitrogens with zero attached hydrogens (tertiary/aromatic N) is 3. The molecule has 2 aromatic heterocycles. The van der Waals surface area contributed by atoms with Crippen molar-refractivity contribution in [3.05, 3.63) is 34.1 Å². The largest absolute Gasteiger partial charge is 0.471 e. The molecule has 0 saturated carbocycles. The molecule has 0 fully saturated rings. The molecule has 2 heterocycles. The van der Waals surface area contributed by atoms with Crippen LogP contribution in [0.4, 0.5) is 13.2 Å². The third-order valence-corrected chi connectivity index (χ3v) is 3.55. The Hall–Kier alpha value is -2.16. The van der Waals surface area contributed by atoms with Gasteiger partial charge in [0.1, 0.15) is 0 Å². The molecule has 0 bridgehead atoms. The number of hydrogen-bond acceptors (Lipinski definition) is 5. The third kappa shape index (κ3) is 3.98. The van der Waals surface area contributed by atoms with E-state index in [0.717, 1.165) is 13.1 Å². The van der Waals surface area contributed by atoms with Crippen molar-refractivity contribution in [1.29, 1.82) is 0 Å². The number of aromatic amines is 1. The Kier molecular flexibility index (Phi) is 5.19. The van der Waals surface area contributed by atoms with Crippen LogP contribution >= 0.6 is 0 Å². The van der Waals surface area contributed by atoms with Crippen LogP contribution in [-0.2, 0) is 12.6 Å². The van der Waals surface area contributed by atoms with Crippen LogP contribution < -0.4 is 5.56 Å². The number of nitrogens with one attached hydrogen (secondary N) is 1. The van der Waals surface area contributed by atoms with Crippen LogP contribution in [0.3, 0.4) is 0 Å². The molecule has 0 radical (unpaired) electrons. The average molecular weight is 330 g/mol. The van der Waals surface area contributed by atoms with Gasteiger partial charge in [0.15, 0.2) is 0 Å². The second kappa shape index (κ2) is 6.95. The molecule has 126 valence electrons. The maximum Gasteiger partial charge on any atom is 0.471 e. The number of likely N-dealkylation sites (N-methyl/N-ethyl adjacent to an activating group) is 1. The Balaban J connectivity index is 2.34. The van der Waals surface area contributed by atoms with Crippen LogP contribution in [0.1, 0.15) is 25.3 Å². The molecule has 0 atom stereocenters. The molecule has 9 heteroatoms. The molecular formula is C14H17F3N4O2. The van der Waals surface area contributed by atoms with Gasteiger partial charge in [-0.15, -0.1) is 0 Å². The van der Waals surface area contributed by atoms with E-state index in [1.807, 2.05) is 13.8 Å². The molecule has 0 unspecified atom stereocenters. The molecular weight excluding hydrogens is 313 g/mol. The molecule has 1 N–H and O–H groups in total. The van der Waals surface area contributed by atoms with Crippen molar-refractivity contribution >= 4 is 0 Å². The van der Waals surface area contributed by atoms with Gasteiger partial charge in [0.2, 0.25) is 5.82 Å². The lowest BCUT2D eigenvalue weighted by Gasteiger charge is -2.17. The quantitative estimate of drug-likeness (QED) is 0.880. The maximum atomic E-state index is 12.6. The topological polar surface area (TPSA) is 75.0 Å². The van der Waals surface area contributed by atoms with E-state index in [4.69, 9.17) is 0 Å². The van der Waals surface area contributed by atoms with E-state index in [2.05, 4.69) is 24.5 Å². The summed E-state index contributed by atoms with van der Waals surface area (Å²) in [6, 6.07) is 1.48. The summed E-state index contributed by atoms with van der Waals surface area (Å²) in [5, 5.41) is 3.35. The number of pyridine rings is 1. The van der Waals surface area contributed by atoms with Crippen molar-refractivity contribution in [3.8, 4) is 11.4 Å². The van der Waals surface area contributed by atoms with Crippen molar-refractivity contribution < 1.29 is 17.7 Å². The van der Waals surface area contributed by atoms with E-state index in [1.165, 1.54) is 12.3 Å². The molecule has 0 aliphatic rings. The lowest BCUT2D eigenvalue weighted by Crippen LogP contribution is -2.27. The summed E-state index contributed by atoms with van der Waals surface area (Å²) in [6.07, 6.45) is -2.99. The summed E-state index contributed by atoms with van der Waals surface area (Å²) in [7, 11) is 0. The van der Waals surface area contributed by atoms with Crippen molar-refractivity contribution in [3.63, 3.8) is 0 Å². The lowest BCUT2D eigenvalue weighted by atomic mass is 10.1. The summed E-state index contributed by atoms with van der Waals surface area (Å²) in [4.78, 5) is 20.0. The fourth-order valence-electron chi connectivity index (χ4n) is 2.23. The summed E-state index contributed by atoms with van der Waals surface area (Å²) < 4.78 is 42.0. The Bertz CT molecular complexity index is 705. The fraction of sp³-hybridized carbons (Fsp3) is 0.500. The van der Waals surface area contributed by atoms with E-state index in [0.29, 0.717) is 18.5 Å². The molecule has 0 aromatic carbocycles. The van der Waals surface area contributed by atoms with Crippen molar-refractivity contribution in [2.75, 3.05) is 19.6 Å². The monoisotopic (exact) mass is 330 g/mol. The van der Waals surface area contributed by atoms with Gasteiger partial charge in [0.25, 0.3) is 5.56 Å². The van der Waals surface area contributed by atoms with E-state index in [1.54, 1.807) is 0 Å². The Morgan fingerprint density at radius 2 is 2.00 bits per heavy atom. The summed E-state index contributed by atoms with van der Waals surface area (Å²) >= 11 is 0. The maximum absolute atomic E-state index is 12.6. The number of halogens is 3. The van der Waals surface area contributed by atoms with E-state index < -0.39 is 12.1 Å². The number of rotatable bonds is 6. The first kappa shape index (κ1) is 17.2. The van der Waals surface area contributed by atoms with Crippen LogP contribution in [0, 0.1) is 0 Å². The smallest absolute Gasteiger partial charge is 0.329 e. The molecule has 6 nitrogen and oxygen atoms in total. The summed E-state index contributed by atoms with van der Waals surface area (Å²) in [6.45, 7) is 6.23. The molecule has 2 rings (SSSR count). The zero-order valence-corrected chi connectivity index (χ0v) is 12.8. The molecule has 2 aromatic rings. The second-order valence-electron chi connectivity index (χ2n) is 4.90. The van der Waals surface area contributed by atoms with Crippen LogP contribution in [0.25, 0.3) is 11.4 Å². The first-order valence-electron chi connectivity index (χ1n) is 7.21. The molecule has 0 aliphatic carbocycles. The molecule has 0 spiro atoms. The summed E-state index contributed by atoms with van der Waals surface area (Å²) in [5.41, 5.74) is 0.224. The van der Waals surface area contributed by atoms with Crippen LogP contribution in [0.5, 0.6) is 0 Å². The van der Waals surface area contributed by atoms with Gasteiger partial charge in [-0.25, -0.2) is 0 Å². The molecule has 0 aliphatic heterocycles. The number of H-pyrrole nitrogens is 1. The highest BCUT2D eigenvalue weighted by molar-refractivity contribution is 5.58. The van der Waals surface area contributed by atoms with E-state index in [-0.39, 0.29) is 16.9 Å². The zero-order chi connectivity index (χ0) is 17.0. The van der Waals surface area contributed by atoms with Crippen molar-refractivity contribution in [2.45, 2.75) is 26.4 Å². The van der Waals surface area contributed by atoms with E-state index in [9.17, 15) is 18.0 Å². The highest BCUT2D eigenvalue weighted by Crippen LogP contribution is 2.29. The molecule has 23 heavy (non-hydrogen) atoms. The second-order valence-corrected chi connectivity index (χ2v) is 4.90. The van der Waals surface area contributed by atoms with Gasteiger partial charge >= 0.3 is 12.1 Å². The molecule has 0 amide bonds. The van der Waals surface area contributed by atoms with Gasteiger partial charge in [-0.3, -0.25) is 4.79 Å². The van der Waals surface area contributed by atoms with Crippen LogP contribution in [-0.4, -0.2) is 39.7 Å². The Morgan fingerprint density at radius 1 is 1.30 bits per heavy atom. The Morgan fingerprint density at radius 3 is 2.57 bits per heavy atom. The van der Waals surface area contributed by atoms with Gasteiger partial charge in [0.05, 0.1) is 0 Å². The van der Waals surface area contributed by atoms with Gasteiger partial charge in [-0.2, -0.15) is 18.2 Å². The van der Waals surface area contributed by atoms with Gasteiger partial charge in [0, 0.05) is 23.9 Å². The molecule has 0 saturated heterocycles. The minimum atomic E-state index is -4.71. The normalized spacial score (nSPS) is 12.1. The Labute approximate surface area is 130 Å². The standard InChI is InChI=1S/C14H17F3N4O2/c1-3-21(4-2)8-6-10-9(5-7-18-12(10)22)11-19-13(23-20-11)14(15,16)17/h5,7H,3-4,6,8H2,1-2H3,(H,18,22). The minimum Gasteiger partial charge on any atom is -0.329 e. The predicted octanol–water partition coefficient (Wildman–Crippen LogP) is 2.33. The first-order chi connectivity index (χ1) is 10.9. The van der Waals surface area contributed by atoms with Gasteiger partial charge in [-0.1, -0.05) is 19.0 Å². The highest BCUT2D eigenvalue weighted by atomic mass is 19.4. The van der Waals surface area contributed by atoms with E-state index >= 15 is 0 Å². The average Bonchev–Trinajstić information content (AvgIpc) is 2.99. The predicted molar refractivity (Wildman–Crippen MR) is 76.8 cm³/mol. The van der Waals surface area contributed by atoms with Crippen LogP contribution in [0.15, 0.2) is 21.6 Å². The van der Waals surface area contributed by atoms with Crippen molar-refractivity contribution in [2.24, 2.45) is 0 Å². The fourth-order valence-corrected chi connectivity index (χ4v) is 2.23. The number of alkyl halides is 3. The van der Waals surface area contributed by atoms with Gasteiger partial charge < -0.3 is 14.4 Å². The van der Waals surface area contributed by atoms with Crippen molar-refractivity contribution in [1.82, 2.24) is 20.0 Å². The summed E-state index contributed by atoms with van der Waals surface area (Å²) in [5.74, 6) is -1.67. The third-order valence-electron chi connectivity index (χ3n) is 3.55. The van der Waals surface area contributed by atoms with Gasteiger partial charge in [-0.05, 0) is 25.6 Å². The highest BCUT2D eigenvalue weighted by Gasteiger charge is 2.38. The number of hydrogen-bond donors (Lipinski definition) is 1.